The first-order valence-electron chi connectivity index (χ1n) is 8.69. The van der Waals surface area contributed by atoms with Crippen molar-refractivity contribution in [1.82, 2.24) is 0 Å². The molecule has 0 aliphatic heterocycles. The zero-order valence-corrected chi connectivity index (χ0v) is 17.3. The average molecular weight is 397 g/mol. The Morgan fingerprint density at radius 2 is 1.11 bits per heavy atom. The van der Waals surface area contributed by atoms with E-state index < -0.39 is 10.4 Å². The lowest BCUT2D eigenvalue weighted by atomic mass is 10.1. The summed E-state index contributed by atoms with van der Waals surface area (Å²) in [4.78, 5) is 0. The van der Waals surface area contributed by atoms with E-state index in [9.17, 15) is 0 Å². The summed E-state index contributed by atoms with van der Waals surface area (Å²) in [6.45, 7) is 8.26. The zero-order chi connectivity index (χ0) is 21.0. The third-order valence-corrected chi connectivity index (χ3v) is 3.28. The molecule has 0 aromatic heterocycles. The molecular formula is C20H32N2O4S. The molecule has 2 aromatic carbocycles. The first-order chi connectivity index (χ1) is 12.4. The third-order valence-electron chi connectivity index (χ3n) is 3.28. The van der Waals surface area contributed by atoms with Gasteiger partial charge in [-0.25, -0.2) is 0 Å². The lowest BCUT2D eigenvalue weighted by molar-refractivity contribution is 0.381. The van der Waals surface area contributed by atoms with E-state index >= 15 is 0 Å². The van der Waals surface area contributed by atoms with E-state index in [-0.39, 0.29) is 12.1 Å². The molecule has 7 heteroatoms. The number of hydrogen-bond donors (Lipinski definition) is 4. The van der Waals surface area contributed by atoms with Crippen molar-refractivity contribution in [3.63, 3.8) is 0 Å². The summed E-state index contributed by atoms with van der Waals surface area (Å²) in [6, 6.07) is 17.5. The van der Waals surface area contributed by atoms with Gasteiger partial charge in [-0.15, -0.1) is 0 Å². The number of rotatable bonds is 4. The van der Waals surface area contributed by atoms with Crippen LogP contribution in [-0.2, 0) is 23.2 Å². The van der Waals surface area contributed by atoms with Gasteiger partial charge in [-0.05, 0) is 51.7 Å². The molecular weight excluding hydrogens is 364 g/mol. The van der Waals surface area contributed by atoms with E-state index in [1.54, 1.807) is 0 Å². The van der Waals surface area contributed by atoms with Crippen LogP contribution in [0.15, 0.2) is 48.5 Å². The van der Waals surface area contributed by atoms with Gasteiger partial charge in [-0.3, -0.25) is 9.11 Å². The van der Waals surface area contributed by atoms with Gasteiger partial charge in [0.05, 0.1) is 0 Å². The number of benzene rings is 2. The van der Waals surface area contributed by atoms with Crippen molar-refractivity contribution in [2.24, 2.45) is 11.5 Å². The number of nitrogens with two attached hydrogens (primary N) is 2. The Kier molecular flexibility index (Phi) is 11.8. The minimum atomic E-state index is -4.67. The van der Waals surface area contributed by atoms with Crippen LogP contribution in [0.4, 0.5) is 0 Å². The maximum atomic E-state index is 8.74. The van der Waals surface area contributed by atoms with Crippen molar-refractivity contribution < 1.29 is 17.5 Å². The highest BCUT2D eigenvalue weighted by atomic mass is 32.3. The van der Waals surface area contributed by atoms with Gasteiger partial charge in [0.2, 0.25) is 0 Å². The van der Waals surface area contributed by atoms with Gasteiger partial charge >= 0.3 is 10.4 Å². The van der Waals surface area contributed by atoms with Crippen molar-refractivity contribution in [1.29, 1.82) is 0 Å². The molecule has 2 unspecified atom stereocenters. The predicted octanol–water partition coefficient (Wildman–Crippen LogP) is 3.12. The Morgan fingerprint density at radius 3 is 1.33 bits per heavy atom. The number of aryl methyl sites for hydroxylation is 2. The third kappa shape index (κ3) is 17.4. The molecule has 0 spiro atoms. The van der Waals surface area contributed by atoms with E-state index in [4.69, 9.17) is 29.0 Å². The highest BCUT2D eigenvalue weighted by molar-refractivity contribution is 7.79. The van der Waals surface area contributed by atoms with Crippen LogP contribution in [0, 0.1) is 13.8 Å². The Hall–Kier alpha value is -1.77. The minimum absolute atomic E-state index is 0.261. The quantitative estimate of drug-likeness (QED) is 0.588. The fourth-order valence-electron chi connectivity index (χ4n) is 2.42. The van der Waals surface area contributed by atoms with Gasteiger partial charge in [-0.1, -0.05) is 59.7 Å². The minimum Gasteiger partial charge on any atom is -0.328 e. The molecule has 0 radical (unpaired) electrons. The smallest absolute Gasteiger partial charge is 0.328 e. The lowest BCUT2D eigenvalue weighted by Gasteiger charge is -2.04. The van der Waals surface area contributed by atoms with E-state index in [2.05, 4.69) is 62.4 Å². The summed E-state index contributed by atoms with van der Waals surface area (Å²) >= 11 is 0. The Bertz CT molecular complexity index is 716. The standard InChI is InChI=1S/2C10H15N.H2O4S/c2*1-8-4-3-5-10(6-8)7-9(2)11;1-5(2,3)4/h2*3-6,9H,7,11H2,1-2H3;(H2,1,2,3,4). The summed E-state index contributed by atoms with van der Waals surface area (Å²) < 4.78 is 31.6. The first kappa shape index (κ1) is 25.2. The van der Waals surface area contributed by atoms with Crippen molar-refractivity contribution in [2.75, 3.05) is 0 Å². The maximum absolute atomic E-state index is 8.74. The second-order valence-electron chi connectivity index (χ2n) is 6.79. The maximum Gasteiger partial charge on any atom is 0.394 e. The van der Waals surface area contributed by atoms with Crippen molar-refractivity contribution in [3.8, 4) is 0 Å². The highest BCUT2D eigenvalue weighted by Crippen LogP contribution is 2.06. The van der Waals surface area contributed by atoms with Gasteiger partial charge in [-0.2, -0.15) is 8.42 Å². The Balaban J connectivity index is 0.000000405. The molecule has 2 rings (SSSR count). The molecule has 0 saturated heterocycles. The second kappa shape index (κ2) is 12.6. The van der Waals surface area contributed by atoms with Crippen molar-refractivity contribution in [2.45, 2.75) is 52.6 Å². The summed E-state index contributed by atoms with van der Waals surface area (Å²) in [5.74, 6) is 0. The lowest BCUT2D eigenvalue weighted by Crippen LogP contribution is -2.17. The summed E-state index contributed by atoms with van der Waals surface area (Å²) in [7, 11) is -4.67. The van der Waals surface area contributed by atoms with Crippen LogP contribution in [0.2, 0.25) is 0 Å². The largest absolute Gasteiger partial charge is 0.394 e. The Labute approximate surface area is 163 Å². The van der Waals surface area contributed by atoms with Gasteiger partial charge in [0, 0.05) is 12.1 Å². The van der Waals surface area contributed by atoms with E-state index in [0.717, 1.165) is 12.8 Å². The fraction of sp³-hybridized carbons (Fsp3) is 0.400. The van der Waals surface area contributed by atoms with Gasteiger partial charge in [0.1, 0.15) is 0 Å². The molecule has 0 fully saturated rings. The molecule has 0 aliphatic carbocycles. The molecule has 152 valence electrons. The summed E-state index contributed by atoms with van der Waals surface area (Å²) in [6.07, 6.45) is 1.95. The molecule has 0 amide bonds. The highest BCUT2D eigenvalue weighted by Gasteiger charge is 1.97. The van der Waals surface area contributed by atoms with Crippen LogP contribution < -0.4 is 11.5 Å². The molecule has 0 bridgehead atoms. The van der Waals surface area contributed by atoms with Gasteiger partial charge in [0.15, 0.2) is 0 Å². The van der Waals surface area contributed by atoms with Gasteiger partial charge < -0.3 is 11.5 Å². The van der Waals surface area contributed by atoms with E-state index in [1.165, 1.54) is 22.3 Å². The van der Waals surface area contributed by atoms with Crippen molar-refractivity contribution in [3.05, 3.63) is 70.8 Å². The summed E-state index contributed by atoms with van der Waals surface area (Å²) in [5.41, 5.74) is 16.6. The van der Waals surface area contributed by atoms with Crippen LogP contribution in [0.1, 0.15) is 36.1 Å². The molecule has 0 heterocycles. The van der Waals surface area contributed by atoms with Gasteiger partial charge in [0.25, 0.3) is 0 Å². The van der Waals surface area contributed by atoms with Crippen LogP contribution in [0.5, 0.6) is 0 Å². The molecule has 2 aromatic rings. The molecule has 6 nitrogen and oxygen atoms in total. The van der Waals surface area contributed by atoms with Crippen molar-refractivity contribution >= 4 is 10.4 Å². The Morgan fingerprint density at radius 1 is 0.815 bits per heavy atom. The predicted molar refractivity (Wildman–Crippen MR) is 111 cm³/mol. The molecule has 2 atom stereocenters. The molecule has 6 N–H and O–H groups in total. The SMILES string of the molecule is Cc1cccc(CC(C)N)c1.Cc1cccc(CC(C)N)c1.O=S(=O)(O)O. The number of hydrogen-bond acceptors (Lipinski definition) is 4. The average Bonchev–Trinajstić information content (AvgIpc) is 2.44. The van der Waals surface area contributed by atoms with Crippen LogP contribution in [-0.4, -0.2) is 29.6 Å². The van der Waals surface area contributed by atoms with E-state index in [1.807, 2.05) is 13.8 Å². The fourth-order valence-corrected chi connectivity index (χ4v) is 2.42. The van der Waals surface area contributed by atoms with Crippen LogP contribution >= 0.6 is 0 Å². The first-order valence-corrected chi connectivity index (χ1v) is 10.1. The molecule has 0 saturated carbocycles. The monoisotopic (exact) mass is 396 g/mol. The topological polar surface area (TPSA) is 127 Å². The van der Waals surface area contributed by atoms with Crippen LogP contribution in [0.25, 0.3) is 0 Å². The van der Waals surface area contributed by atoms with Crippen LogP contribution in [0.3, 0.4) is 0 Å². The second-order valence-corrected chi connectivity index (χ2v) is 7.68. The normalized spacial score (nSPS) is 12.7. The van der Waals surface area contributed by atoms with E-state index in [0.29, 0.717) is 0 Å². The molecule has 27 heavy (non-hydrogen) atoms. The zero-order valence-electron chi connectivity index (χ0n) is 16.5. The molecule has 0 aliphatic rings. The summed E-state index contributed by atoms with van der Waals surface area (Å²) in [5, 5.41) is 0.